The first-order valence-corrected chi connectivity index (χ1v) is 8.13. The SMILES string of the molecule is c1cc2c(c(-n3cc(CNCC4CC4)nn3)c1)CCCC2. The van der Waals surface area contributed by atoms with Gasteiger partial charge in [-0.05, 0) is 68.2 Å². The van der Waals surface area contributed by atoms with E-state index in [1.807, 2.05) is 4.68 Å². The van der Waals surface area contributed by atoms with Crippen molar-refractivity contribution >= 4 is 0 Å². The van der Waals surface area contributed by atoms with Crippen LogP contribution < -0.4 is 5.32 Å². The lowest BCUT2D eigenvalue weighted by atomic mass is 9.90. The molecule has 21 heavy (non-hydrogen) atoms. The van der Waals surface area contributed by atoms with E-state index in [9.17, 15) is 0 Å². The first-order valence-electron chi connectivity index (χ1n) is 8.13. The van der Waals surface area contributed by atoms with Crippen molar-refractivity contribution in [2.45, 2.75) is 45.1 Å². The van der Waals surface area contributed by atoms with Crippen LogP contribution in [0.25, 0.3) is 5.69 Å². The van der Waals surface area contributed by atoms with Crippen molar-refractivity contribution in [3.05, 3.63) is 41.2 Å². The summed E-state index contributed by atoms with van der Waals surface area (Å²) in [5.41, 5.74) is 5.20. The molecule has 1 N–H and O–H groups in total. The molecule has 110 valence electrons. The maximum absolute atomic E-state index is 4.33. The molecule has 0 atom stereocenters. The summed E-state index contributed by atoms with van der Waals surface area (Å²) in [5, 5.41) is 12.1. The molecule has 1 fully saturated rings. The van der Waals surface area contributed by atoms with E-state index in [1.165, 1.54) is 55.3 Å². The highest BCUT2D eigenvalue weighted by atomic mass is 15.4. The topological polar surface area (TPSA) is 42.7 Å². The van der Waals surface area contributed by atoms with Crippen LogP contribution in [0, 0.1) is 5.92 Å². The lowest BCUT2D eigenvalue weighted by Crippen LogP contribution is -2.16. The summed E-state index contributed by atoms with van der Waals surface area (Å²) in [4.78, 5) is 0. The van der Waals surface area contributed by atoms with Crippen molar-refractivity contribution in [3.8, 4) is 5.69 Å². The van der Waals surface area contributed by atoms with Crippen LogP contribution >= 0.6 is 0 Å². The van der Waals surface area contributed by atoms with Crippen molar-refractivity contribution in [1.82, 2.24) is 20.3 Å². The van der Waals surface area contributed by atoms with E-state index >= 15 is 0 Å². The molecule has 0 radical (unpaired) electrons. The molecule has 0 saturated heterocycles. The molecule has 1 saturated carbocycles. The van der Waals surface area contributed by atoms with Crippen molar-refractivity contribution < 1.29 is 0 Å². The Morgan fingerprint density at radius 2 is 2.10 bits per heavy atom. The molecule has 2 aromatic rings. The van der Waals surface area contributed by atoms with Crippen LogP contribution in [-0.2, 0) is 19.4 Å². The second-order valence-corrected chi connectivity index (χ2v) is 6.35. The molecule has 0 unspecified atom stereocenters. The van der Waals surface area contributed by atoms with Crippen LogP contribution in [0.3, 0.4) is 0 Å². The highest BCUT2D eigenvalue weighted by Crippen LogP contribution is 2.28. The fourth-order valence-electron chi connectivity index (χ4n) is 3.20. The first kappa shape index (κ1) is 13.0. The zero-order valence-electron chi connectivity index (χ0n) is 12.4. The fraction of sp³-hybridized carbons (Fsp3) is 0.529. The van der Waals surface area contributed by atoms with Gasteiger partial charge in [-0.3, -0.25) is 0 Å². The van der Waals surface area contributed by atoms with Crippen LogP contribution in [0.5, 0.6) is 0 Å². The van der Waals surface area contributed by atoms with E-state index in [1.54, 1.807) is 0 Å². The maximum atomic E-state index is 4.33. The summed E-state index contributed by atoms with van der Waals surface area (Å²) in [5.74, 6) is 0.904. The van der Waals surface area contributed by atoms with Crippen LogP contribution in [0.1, 0.15) is 42.5 Å². The predicted octanol–water partition coefficient (Wildman–Crippen LogP) is 2.65. The smallest absolute Gasteiger partial charge is 0.0969 e. The van der Waals surface area contributed by atoms with Gasteiger partial charge in [-0.25, -0.2) is 4.68 Å². The minimum absolute atomic E-state index is 0.825. The van der Waals surface area contributed by atoms with Gasteiger partial charge in [0.1, 0.15) is 0 Å². The lowest BCUT2D eigenvalue weighted by molar-refractivity contribution is 0.628. The van der Waals surface area contributed by atoms with Crippen molar-refractivity contribution in [2.75, 3.05) is 6.54 Å². The quantitative estimate of drug-likeness (QED) is 0.917. The Bertz CT molecular complexity index is 627. The van der Waals surface area contributed by atoms with Gasteiger partial charge >= 0.3 is 0 Å². The number of nitrogens with one attached hydrogen (secondary N) is 1. The summed E-state index contributed by atoms with van der Waals surface area (Å²) >= 11 is 0. The Labute approximate surface area is 125 Å². The minimum Gasteiger partial charge on any atom is -0.311 e. The second kappa shape index (κ2) is 5.60. The van der Waals surface area contributed by atoms with Gasteiger partial charge in [0.25, 0.3) is 0 Å². The van der Waals surface area contributed by atoms with Gasteiger partial charge in [-0.1, -0.05) is 17.3 Å². The Morgan fingerprint density at radius 1 is 1.19 bits per heavy atom. The van der Waals surface area contributed by atoms with Crippen LogP contribution in [0.15, 0.2) is 24.4 Å². The predicted molar refractivity (Wildman–Crippen MR) is 82.4 cm³/mol. The average molecular weight is 282 g/mol. The fourth-order valence-corrected chi connectivity index (χ4v) is 3.20. The van der Waals surface area contributed by atoms with E-state index in [0.29, 0.717) is 0 Å². The number of hydrogen-bond acceptors (Lipinski definition) is 3. The van der Waals surface area contributed by atoms with Gasteiger partial charge in [0, 0.05) is 6.54 Å². The van der Waals surface area contributed by atoms with E-state index in [4.69, 9.17) is 0 Å². The molecule has 0 amide bonds. The zero-order chi connectivity index (χ0) is 14.1. The number of aryl methyl sites for hydroxylation is 1. The maximum Gasteiger partial charge on any atom is 0.0969 e. The molecule has 0 spiro atoms. The summed E-state index contributed by atoms with van der Waals surface area (Å²) < 4.78 is 1.96. The van der Waals surface area contributed by atoms with Gasteiger partial charge < -0.3 is 5.32 Å². The number of fused-ring (bicyclic) bond motifs is 1. The van der Waals surface area contributed by atoms with Crippen LogP contribution in [0.2, 0.25) is 0 Å². The summed E-state index contributed by atoms with van der Waals surface area (Å²) in [7, 11) is 0. The molecule has 4 rings (SSSR count). The second-order valence-electron chi connectivity index (χ2n) is 6.35. The average Bonchev–Trinajstić information content (AvgIpc) is 3.23. The monoisotopic (exact) mass is 282 g/mol. The van der Waals surface area contributed by atoms with Crippen LogP contribution in [0.4, 0.5) is 0 Å². The molecular weight excluding hydrogens is 260 g/mol. The number of hydrogen-bond donors (Lipinski definition) is 1. The molecule has 1 heterocycles. The van der Waals surface area contributed by atoms with Crippen molar-refractivity contribution in [3.63, 3.8) is 0 Å². The number of aromatic nitrogens is 3. The zero-order valence-corrected chi connectivity index (χ0v) is 12.4. The van der Waals surface area contributed by atoms with E-state index < -0.39 is 0 Å². The molecule has 1 aromatic heterocycles. The Morgan fingerprint density at radius 3 is 3.00 bits per heavy atom. The number of rotatable bonds is 5. The molecule has 0 bridgehead atoms. The highest BCUT2D eigenvalue weighted by Gasteiger charge is 2.20. The molecule has 4 nitrogen and oxygen atoms in total. The van der Waals surface area contributed by atoms with E-state index in [2.05, 4.69) is 40.0 Å². The summed E-state index contributed by atoms with van der Waals surface area (Å²) in [6, 6.07) is 6.57. The van der Waals surface area contributed by atoms with Gasteiger partial charge in [0.15, 0.2) is 0 Å². The molecular formula is C17H22N4. The van der Waals surface area contributed by atoms with Crippen molar-refractivity contribution in [1.29, 1.82) is 0 Å². The minimum atomic E-state index is 0.825. The normalized spacial score (nSPS) is 17.7. The molecule has 2 aliphatic rings. The van der Waals surface area contributed by atoms with Gasteiger partial charge in [-0.2, -0.15) is 0 Å². The first-order chi connectivity index (χ1) is 10.4. The summed E-state index contributed by atoms with van der Waals surface area (Å²) in [6.07, 6.45) is 9.81. The molecule has 4 heteroatoms. The Hall–Kier alpha value is -1.68. The van der Waals surface area contributed by atoms with Gasteiger partial charge in [0.2, 0.25) is 0 Å². The van der Waals surface area contributed by atoms with E-state index in [0.717, 1.165) is 24.7 Å². The third-order valence-electron chi connectivity index (χ3n) is 4.59. The standard InChI is InChI=1S/C17H22N4/c1-2-6-16-14(4-1)5-3-7-17(16)21-12-15(19-20-21)11-18-10-13-8-9-13/h3,5,7,12-13,18H,1-2,4,6,8-11H2. The third-order valence-corrected chi connectivity index (χ3v) is 4.59. The van der Waals surface area contributed by atoms with Gasteiger partial charge in [0.05, 0.1) is 17.6 Å². The van der Waals surface area contributed by atoms with Gasteiger partial charge in [-0.15, -0.1) is 5.10 Å². The summed E-state index contributed by atoms with van der Waals surface area (Å²) in [6.45, 7) is 1.94. The Balaban J connectivity index is 1.52. The Kier molecular flexibility index (Phi) is 3.47. The van der Waals surface area contributed by atoms with Crippen molar-refractivity contribution in [2.24, 2.45) is 5.92 Å². The van der Waals surface area contributed by atoms with E-state index in [-0.39, 0.29) is 0 Å². The molecule has 0 aliphatic heterocycles. The lowest BCUT2D eigenvalue weighted by Gasteiger charge is -2.18. The highest BCUT2D eigenvalue weighted by molar-refractivity contribution is 5.46. The third kappa shape index (κ3) is 2.86. The van der Waals surface area contributed by atoms with Crippen LogP contribution in [-0.4, -0.2) is 21.5 Å². The largest absolute Gasteiger partial charge is 0.311 e. The number of benzene rings is 1. The molecule has 2 aliphatic carbocycles. The molecule has 1 aromatic carbocycles. The number of nitrogens with zero attached hydrogens (tertiary/aromatic N) is 3.